The van der Waals surface area contributed by atoms with Gasteiger partial charge in [-0.1, -0.05) is 5.10 Å². The number of anilines is 1. The van der Waals surface area contributed by atoms with Crippen LogP contribution < -0.4 is 11.1 Å². The zero-order valence-corrected chi connectivity index (χ0v) is 10.6. The fraction of sp³-hybridized carbons (Fsp3) is 0.778. The highest BCUT2D eigenvalue weighted by atomic mass is 32.2. The third-order valence-electron chi connectivity index (χ3n) is 2.19. The first-order valence-electron chi connectivity index (χ1n) is 5.34. The highest BCUT2D eigenvalue weighted by Gasteiger charge is 2.15. The summed E-state index contributed by atoms with van der Waals surface area (Å²) in [5.74, 6) is 4.30. The third kappa shape index (κ3) is 3.57. The van der Waals surface area contributed by atoms with Gasteiger partial charge in [-0.15, -0.1) is 5.10 Å². The van der Waals surface area contributed by atoms with E-state index in [0.717, 1.165) is 6.54 Å². The molecule has 1 fully saturated rings. The molecule has 0 amide bonds. The number of nitrogens with zero attached hydrogens (tertiary/aromatic N) is 2. The first-order chi connectivity index (χ1) is 7.88. The second-order valence-corrected chi connectivity index (χ2v) is 6.05. The first kappa shape index (κ1) is 12.1. The number of hydrogen-bond acceptors (Lipinski definition) is 7. The van der Waals surface area contributed by atoms with E-state index < -0.39 is 0 Å². The maximum atomic E-state index is 5.41. The van der Waals surface area contributed by atoms with Crippen molar-refractivity contribution in [3.05, 3.63) is 5.89 Å². The molecule has 0 radical (unpaired) electrons. The van der Waals surface area contributed by atoms with Crippen molar-refractivity contribution in [1.82, 2.24) is 10.2 Å². The molecule has 5 nitrogen and oxygen atoms in total. The molecular weight excluding hydrogens is 244 g/mol. The van der Waals surface area contributed by atoms with Gasteiger partial charge in [0.2, 0.25) is 5.89 Å². The van der Waals surface area contributed by atoms with Crippen molar-refractivity contribution in [2.24, 2.45) is 5.73 Å². The molecule has 1 aliphatic rings. The zero-order chi connectivity index (χ0) is 11.2. The maximum absolute atomic E-state index is 5.41. The molecule has 90 valence electrons. The van der Waals surface area contributed by atoms with E-state index in [1.54, 1.807) is 0 Å². The summed E-state index contributed by atoms with van der Waals surface area (Å²) in [6.45, 7) is 1.43. The van der Waals surface area contributed by atoms with Gasteiger partial charge in [-0.3, -0.25) is 0 Å². The molecule has 1 aromatic rings. The molecule has 1 saturated heterocycles. The van der Waals surface area contributed by atoms with Gasteiger partial charge in [0.15, 0.2) is 0 Å². The number of hydrogen-bond donors (Lipinski definition) is 2. The average Bonchev–Trinajstić information content (AvgIpc) is 2.76. The van der Waals surface area contributed by atoms with E-state index in [1.807, 2.05) is 23.5 Å². The third-order valence-corrected chi connectivity index (χ3v) is 5.04. The van der Waals surface area contributed by atoms with Gasteiger partial charge in [0.05, 0.1) is 0 Å². The second-order valence-electron chi connectivity index (χ2n) is 3.49. The van der Waals surface area contributed by atoms with Crippen LogP contribution in [0.1, 0.15) is 5.89 Å². The molecule has 0 aromatic carbocycles. The van der Waals surface area contributed by atoms with Crippen molar-refractivity contribution in [2.75, 3.05) is 35.7 Å². The Morgan fingerprint density at radius 1 is 1.44 bits per heavy atom. The average molecular weight is 260 g/mol. The molecule has 1 aliphatic heterocycles. The molecule has 0 bridgehead atoms. The zero-order valence-electron chi connectivity index (χ0n) is 9.02. The molecule has 2 rings (SSSR count). The van der Waals surface area contributed by atoms with Gasteiger partial charge < -0.3 is 15.5 Å². The van der Waals surface area contributed by atoms with E-state index >= 15 is 0 Å². The summed E-state index contributed by atoms with van der Waals surface area (Å²) in [5, 5.41) is 11.6. The highest BCUT2D eigenvalue weighted by molar-refractivity contribution is 8.06. The van der Waals surface area contributed by atoms with Crippen LogP contribution in [0.2, 0.25) is 0 Å². The quantitative estimate of drug-likeness (QED) is 0.812. The Bertz CT molecular complexity index is 314. The predicted octanol–water partition coefficient (Wildman–Crippen LogP) is 0.831. The van der Waals surface area contributed by atoms with Crippen LogP contribution in [0.15, 0.2) is 4.42 Å². The second kappa shape index (κ2) is 6.36. The standard InChI is InChI=1S/C9H16N4OS2/c10-2-1-8-12-13-9(14-8)11-5-7-6-15-3-4-16-7/h7H,1-6,10H2,(H,11,13). The SMILES string of the molecule is NCCc1nnc(NCC2CSCCS2)o1. The number of aromatic nitrogens is 2. The van der Waals surface area contributed by atoms with Crippen LogP contribution in [-0.2, 0) is 6.42 Å². The van der Waals surface area contributed by atoms with Gasteiger partial charge in [0.1, 0.15) is 0 Å². The van der Waals surface area contributed by atoms with E-state index in [-0.39, 0.29) is 0 Å². The lowest BCUT2D eigenvalue weighted by Crippen LogP contribution is -2.23. The predicted molar refractivity (Wildman–Crippen MR) is 69.1 cm³/mol. The summed E-state index contributed by atoms with van der Waals surface area (Å²) in [7, 11) is 0. The lowest BCUT2D eigenvalue weighted by atomic mass is 10.4. The summed E-state index contributed by atoms with van der Waals surface area (Å²) in [6.07, 6.45) is 0.642. The molecular formula is C9H16N4OS2. The molecule has 2 heterocycles. The van der Waals surface area contributed by atoms with Crippen molar-refractivity contribution in [3.8, 4) is 0 Å². The van der Waals surface area contributed by atoms with Crippen LogP contribution in [0.4, 0.5) is 6.01 Å². The van der Waals surface area contributed by atoms with Gasteiger partial charge in [-0.25, -0.2) is 0 Å². The van der Waals surface area contributed by atoms with Crippen molar-refractivity contribution in [3.63, 3.8) is 0 Å². The Kier molecular flexibility index (Phi) is 4.80. The topological polar surface area (TPSA) is 77.0 Å². The van der Waals surface area contributed by atoms with Crippen LogP contribution in [0.5, 0.6) is 0 Å². The van der Waals surface area contributed by atoms with Gasteiger partial charge in [-0.05, 0) is 0 Å². The molecule has 1 atom stereocenters. The van der Waals surface area contributed by atoms with E-state index in [9.17, 15) is 0 Å². The van der Waals surface area contributed by atoms with Crippen molar-refractivity contribution < 1.29 is 4.42 Å². The fourth-order valence-electron chi connectivity index (χ4n) is 1.41. The van der Waals surface area contributed by atoms with Gasteiger partial charge in [0.25, 0.3) is 0 Å². The Morgan fingerprint density at radius 3 is 3.12 bits per heavy atom. The Labute approximate surface area is 103 Å². The summed E-state index contributed by atoms with van der Waals surface area (Å²) in [5.41, 5.74) is 5.41. The lowest BCUT2D eigenvalue weighted by molar-refractivity contribution is 0.506. The van der Waals surface area contributed by atoms with Gasteiger partial charge >= 0.3 is 6.01 Å². The Morgan fingerprint density at radius 2 is 2.38 bits per heavy atom. The fourth-order valence-corrected chi connectivity index (χ4v) is 4.02. The van der Waals surface area contributed by atoms with E-state index in [1.165, 1.54) is 17.3 Å². The van der Waals surface area contributed by atoms with E-state index in [0.29, 0.717) is 30.1 Å². The normalized spacial score (nSPS) is 20.9. The van der Waals surface area contributed by atoms with Crippen LogP contribution in [0, 0.1) is 0 Å². The molecule has 0 aliphatic carbocycles. The Balaban J connectivity index is 1.75. The minimum absolute atomic E-state index is 0.514. The smallest absolute Gasteiger partial charge is 0.315 e. The summed E-state index contributed by atoms with van der Waals surface area (Å²) in [6, 6.07) is 0.514. The molecule has 1 aromatic heterocycles. The van der Waals surface area contributed by atoms with Crippen molar-refractivity contribution in [2.45, 2.75) is 11.7 Å². The summed E-state index contributed by atoms with van der Waals surface area (Å²) in [4.78, 5) is 0. The number of nitrogens with one attached hydrogen (secondary N) is 1. The summed E-state index contributed by atoms with van der Waals surface area (Å²) < 4.78 is 5.39. The van der Waals surface area contributed by atoms with Crippen molar-refractivity contribution >= 4 is 29.5 Å². The van der Waals surface area contributed by atoms with Crippen LogP contribution >= 0.6 is 23.5 Å². The lowest BCUT2D eigenvalue weighted by Gasteiger charge is -2.20. The van der Waals surface area contributed by atoms with Crippen molar-refractivity contribution in [1.29, 1.82) is 0 Å². The molecule has 0 spiro atoms. The summed E-state index contributed by atoms with van der Waals surface area (Å²) >= 11 is 4.01. The number of nitrogens with two attached hydrogens (primary N) is 1. The van der Waals surface area contributed by atoms with Crippen LogP contribution in [0.25, 0.3) is 0 Å². The maximum Gasteiger partial charge on any atom is 0.315 e. The minimum atomic E-state index is 0.514. The monoisotopic (exact) mass is 260 g/mol. The number of thioether (sulfide) groups is 2. The molecule has 3 N–H and O–H groups in total. The Hall–Kier alpha value is -0.400. The van der Waals surface area contributed by atoms with Gasteiger partial charge in [0, 0.05) is 42.0 Å². The van der Waals surface area contributed by atoms with Crippen LogP contribution in [-0.4, -0.2) is 45.8 Å². The minimum Gasteiger partial charge on any atom is -0.408 e. The molecule has 7 heteroatoms. The van der Waals surface area contributed by atoms with Gasteiger partial charge in [-0.2, -0.15) is 23.5 Å². The highest BCUT2D eigenvalue weighted by Crippen LogP contribution is 2.24. The molecule has 1 unspecified atom stereocenters. The largest absolute Gasteiger partial charge is 0.408 e. The first-order valence-corrected chi connectivity index (χ1v) is 7.54. The molecule has 0 saturated carbocycles. The molecule has 16 heavy (non-hydrogen) atoms. The van der Waals surface area contributed by atoms with E-state index in [2.05, 4.69) is 15.5 Å². The van der Waals surface area contributed by atoms with Crippen LogP contribution in [0.3, 0.4) is 0 Å². The van der Waals surface area contributed by atoms with E-state index in [4.69, 9.17) is 10.2 Å². The number of rotatable bonds is 5.